The number of imidazole rings is 1. The van der Waals surface area contributed by atoms with Crippen molar-refractivity contribution in [2.24, 2.45) is 0 Å². The minimum atomic E-state index is 0.275. The van der Waals surface area contributed by atoms with Crippen molar-refractivity contribution in [2.75, 3.05) is 11.9 Å². The van der Waals surface area contributed by atoms with Crippen LogP contribution in [-0.4, -0.2) is 16.2 Å². The summed E-state index contributed by atoms with van der Waals surface area (Å²) in [5.41, 5.74) is 2.27. The Kier molecular flexibility index (Phi) is 3.15. The quantitative estimate of drug-likeness (QED) is 0.918. The Morgan fingerprint density at radius 3 is 3.11 bits per heavy atom. The number of para-hydroxylation sites is 1. The first kappa shape index (κ1) is 12.1. The lowest BCUT2D eigenvalue weighted by Crippen LogP contribution is -2.21. The Morgan fingerprint density at radius 1 is 1.42 bits per heavy atom. The van der Waals surface area contributed by atoms with Gasteiger partial charge in [0.1, 0.15) is 5.75 Å². The standard InChI is InChI=1S/C15H19N3O/c1-3-18-10-11(2)16-15(18)17-13-8-9-19-14-7-5-4-6-12(13)14/h4-7,10,13H,3,8-9H2,1-2H3,(H,16,17). The van der Waals surface area contributed by atoms with Crippen molar-refractivity contribution in [1.29, 1.82) is 0 Å². The second-order valence-corrected chi connectivity index (χ2v) is 4.86. The monoisotopic (exact) mass is 257 g/mol. The summed E-state index contributed by atoms with van der Waals surface area (Å²) in [7, 11) is 0. The summed E-state index contributed by atoms with van der Waals surface area (Å²) in [5.74, 6) is 1.93. The molecule has 0 spiro atoms. The third-order valence-corrected chi connectivity index (χ3v) is 3.50. The molecule has 3 rings (SSSR count). The van der Waals surface area contributed by atoms with Gasteiger partial charge in [-0.2, -0.15) is 0 Å². The molecule has 0 radical (unpaired) electrons. The molecule has 0 saturated carbocycles. The van der Waals surface area contributed by atoms with E-state index in [1.807, 2.05) is 19.1 Å². The van der Waals surface area contributed by atoms with Crippen LogP contribution < -0.4 is 10.1 Å². The van der Waals surface area contributed by atoms with Crippen LogP contribution >= 0.6 is 0 Å². The van der Waals surface area contributed by atoms with Gasteiger partial charge in [-0.15, -0.1) is 0 Å². The van der Waals surface area contributed by atoms with Crippen molar-refractivity contribution in [2.45, 2.75) is 32.9 Å². The summed E-state index contributed by atoms with van der Waals surface area (Å²) < 4.78 is 7.83. The summed E-state index contributed by atoms with van der Waals surface area (Å²) in [5, 5.41) is 3.55. The summed E-state index contributed by atoms with van der Waals surface area (Å²) in [6.07, 6.45) is 3.04. The number of nitrogens with zero attached hydrogens (tertiary/aromatic N) is 2. The normalized spacial score (nSPS) is 17.7. The highest BCUT2D eigenvalue weighted by Gasteiger charge is 2.22. The number of rotatable bonds is 3. The van der Waals surface area contributed by atoms with Crippen LogP contribution in [0, 0.1) is 6.92 Å². The van der Waals surface area contributed by atoms with Crippen LogP contribution in [0.3, 0.4) is 0 Å². The number of fused-ring (bicyclic) bond motifs is 1. The number of aromatic nitrogens is 2. The summed E-state index contributed by atoms with van der Waals surface area (Å²) >= 11 is 0. The van der Waals surface area contributed by atoms with Gasteiger partial charge in [0.2, 0.25) is 5.95 Å². The van der Waals surface area contributed by atoms with Crippen molar-refractivity contribution in [3.05, 3.63) is 41.7 Å². The average Bonchev–Trinajstić information content (AvgIpc) is 2.79. The third kappa shape index (κ3) is 2.30. The molecule has 0 saturated heterocycles. The van der Waals surface area contributed by atoms with Gasteiger partial charge in [-0.3, -0.25) is 0 Å². The van der Waals surface area contributed by atoms with Crippen LogP contribution in [-0.2, 0) is 6.54 Å². The highest BCUT2D eigenvalue weighted by Crippen LogP contribution is 2.33. The molecule has 1 aromatic carbocycles. The van der Waals surface area contributed by atoms with E-state index in [1.165, 1.54) is 5.56 Å². The fourth-order valence-electron chi connectivity index (χ4n) is 2.55. The first-order valence-corrected chi connectivity index (χ1v) is 6.80. The Balaban J connectivity index is 1.88. The fourth-order valence-corrected chi connectivity index (χ4v) is 2.55. The smallest absolute Gasteiger partial charge is 0.203 e. The fraction of sp³-hybridized carbons (Fsp3) is 0.400. The minimum Gasteiger partial charge on any atom is -0.493 e. The van der Waals surface area contributed by atoms with E-state index >= 15 is 0 Å². The molecule has 1 aromatic heterocycles. The number of hydrogen-bond donors (Lipinski definition) is 1. The Hall–Kier alpha value is -1.97. The van der Waals surface area contributed by atoms with Gasteiger partial charge in [-0.25, -0.2) is 4.98 Å². The Morgan fingerprint density at radius 2 is 2.26 bits per heavy atom. The highest BCUT2D eigenvalue weighted by atomic mass is 16.5. The van der Waals surface area contributed by atoms with Crippen molar-refractivity contribution < 1.29 is 4.74 Å². The van der Waals surface area contributed by atoms with E-state index in [0.29, 0.717) is 0 Å². The lowest BCUT2D eigenvalue weighted by atomic mass is 10.0. The van der Waals surface area contributed by atoms with E-state index in [4.69, 9.17) is 4.74 Å². The number of nitrogens with one attached hydrogen (secondary N) is 1. The number of aryl methyl sites for hydroxylation is 2. The Labute approximate surface area is 113 Å². The second-order valence-electron chi connectivity index (χ2n) is 4.86. The van der Waals surface area contributed by atoms with E-state index in [1.54, 1.807) is 0 Å². The molecule has 2 aromatic rings. The minimum absolute atomic E-state index is 0.275. The first-order chi connectivity index (χ1) is 9.28. The molecule has 0 amide bonds. The highest BCUT2D eigenvalue weighted by molar-refractivity contribution is 5.42. The van der Waals surface area contributed by atoms with Gasteiger partial charge in [-0.1, -0.05) is 18.2 Å². The topological polar surface area (TPSA) is 39.1 Å². The van der Waals surface area contributed by atoms with E-state index in [-0.39, 0.29) is 6.04 Å². The van der Waals surface area contributed by atoms with Gasteiger partial charge in [0, 0.05) is 24.7 Å². The van der Waals surface area contributed by atoms with Gasteiger partial charge in [0.25, 0.3) is 0 Å². The van der Waals surface area contributed by atoms with Crippen molar-refractivity contribution in [3.8, 4) is 5.75 Å². The number of benzene rings is 1. The van der Waals surface area contributed by atoms with Gasteiger partial charge in [0.15, 0.2) is 0 Å². The zero-order valence-electron chi connectivity index (χ0n) is 11.4. The van der Waals surface area contributed by atoms with E-state index in [0.717, 1.165) is 37.0 Å². The van der Waals surface area contributed by atoms with Gasteiger partial charge in [0.05, 0.1) is 18.3 Å². The van der Waals surface area contributed by atoms with E-state index in [2.05, 4.69) is 40.1 Å². The molecule has 1 N–H and O–H groups in total. The van der Waals surface area contributed by atoms with Crippen LogP contribution in [0.2, 0.25) is 0 Å². The van der Waals surface area contributed by atoms with Gasteiger partial charge >= 0.3 is 0 Å². The SMILES string of the molecule is CCn1cc(C)nc1NC1CCOc2ccccc21. The van der Waals surface area contributed by atoms with Crippen molar-refractivity contribution in [3.63, 3.8) is 0 Å². The number of anilines is 1. The molecule has 1 aliphatic heterocycles. The molecule has 4 nitrogen and oxygen atoms in total. The maximum atomic E-state index is 5.69. The summed E-state index contributed by atoms with van der Waals surface area (Å²) in [6, 6.07) is 8.49. The van der Waals surface area contributed by atoms with Crippen LogP contribution in [0.1, 0.15) is 30.6 Å². The van der Waals surface area contributed by atoms with Gasteiger partial charge in [-0.05, 0) is 19.9 Å². The summed E-state index contributed by atoms with van der Waals surface area (Å²) in [4.78, 5) is 4.56. The average molecular weight is 257 g/mol. The first-order valence-electron chi connectivity index (χ1n) is 6.80. The molecule has 1 unspecified atom stereocenters. The molecular formula is C15H19N3O. The molecule has 2 heterocycles. The van der Waals surface area contributed by atoms with Crippen LogP contribution in [0.4, 0.5) is 5.95 Å². The second kappa shape index (κ2) is 4.96. The molecule has 0 bridgehead atoms. The molecular weight excluding hydrogens is 238 g/mol. The van der Waals surface area contributed by atoms with Gasteiger partial charge < -0.3 is 14.6 Å². The number of hydrogen-bond acceptors (Lipinski definition) is 3. The largest absolute Gasteiger partial charge is 0.493 e. The maximum Gasteiger partial charge on any atom is 0.203 e. The Bertz CT molecular complexity index is 577. The molecule has 1 aliphatic rings. The lowest BCUT2D eigenvalue weighted by Gasteiger charge is -2.27. The van der Waals surface area contributed by atoms with Crippen LogP contribution in [0.25, 0.3) is 0 Å². The zero-order valence-corrected chi connectivity index (χ0v) is 11.4. The molecule has 19 heavy (non-hydrogen) atoms. The van der Waals surface area contributed by atoms with E-state index in [9.17, 15) is 0 Å². The lowest BCUT2D eigenvalue weighted by molar-refractivity contribution is 0.274. The molecule has 0 fully saturated rings. The molecule has 0 aliphatic carbocycles. The third-order valence-electron chi connectivity index (χ3n) is 3.50. The predicted octanol–water partition coefficient (Wildman–Crippen LogP) is 3.15. The predicted molar refractivity (Wildman–Crippen MR) is 75.6 cm³/mol. The molecule has 100 valence electrons. The zero-order chi connectivity index (χ0) is 13.2. The van der Waals surface area contributed by atoms with Crippen LogP contribution in [0.15, 0.2) is 30.5 Å². The van der Waals surface area contributed by atoms with Crippen molar-refractivity contribution in [1.82, 2.24) is 9.55 Å². The molecule has 4 heteroatoms. The maximum absolute atomic E-state index is 5.69. The van der Waals surface area contributed by atoms with E-state index < -0.39 is 0 Å². The molecule has 1 atom stereocenters. The summed E-state index contributed by atoms with van der Waals surface area (Å²) in [6.45, 7) is 5.83. The van der Waals surface area contributed by atoms with Crippen molar-refractivity contribution >= 4 is 5.95 Å². The van der Waals surface area contributed by atoms with Crippen LogP contribution in [0.5, 0.6) is 5.75 Å². The number of ether oxygens (including phenoxy) is 1.